The van der Waals surface area contributed by atoms with E-state index in [4.69, 9.17) is 0 Å². The van der Waals surface area contributed by atoms with Gasteiger partial charge in [-0.2, -0.15) is 0 Å². The quantitative estimate of drug-likeness (QED) is 0.883. The Morgan fingerprint density at radius 3 is 2.94 bits per heavy atom. The largest absolute Gasteiger partial charge is 0.349 e. The van der Waals surface area contributed by atoms with Gasteiger partial charge in [0.25, 0.3) is 0 Å². The van der Waals surface area contributed by atoms with Crippen LogP contribution in [0.1, 0.15) is 29.3 Å². The van der Waals surface area contributed by atoms with Crippen molar-refractivity contribution in [3.8, 4) is 0 Å². The van der Waals surface area contributed by atoms with E-state index in [9.17, 15) is 0 Å². The molecule has 17 heavy (non-hydrogen) atoms. The molecular formula is C13H19N3S. The lowest BCUT2D eigenvalue weighted by Crippen LogP contribution is -2.21. The Bertz CT molecular complexity index is 470. The molecule has 2 heterocycles. The number of aromatic nitrogens is 2. The van der Waals surface area contributed by atoms with Crippen molar-refractivity contribution in [3.05, 3.63) is 40.1 Å². The topological polar surface area (TPSA) is 29.9 Å². The number of hydrogen-bond donors (Lipinski definition) is 1. The van der Waals surface area contributed by atoms with E-state index in [-0.39, 0.29) is 0 Å². The molecule has 0 saturated heterocycles. The van der Waals surface area contributed by atoms with Gasteiger partial charge in [0.15, 0.2) is 0 Å². The minimum absolute atomic E-state index is 0.530. The molecule has 1 N–H and O–H groups in total. The fourth-order valence-electron chi connectivity index (χ4n) is 1.67. The van der Waals surface area contributed by atoms with Gasteiger partial charge in [-0.15, -0.1) is 11.3 Å². The van der Waals surface area contributed by atoms with Crippen molar-refractivity contribution >= 4 is 11.3 Å². The minimum Gasteiger partial charge on any atom is -0.349 e. The molecule has 0 radical (unpaired) electrons. The average Bonchev–Trinajstić information content (AvgIpc) is 2.86. The Labute approximate surface area is 107 Å². The summed E-state index contributed by atoms with van der Waals surface area (Å²) in [4.78, 5) is 5.58. The number of hydrogen-bond acceptors (Lipinski definition) is 3. The van der Waals surface area contributed by atoms with E-state index in [0.29, 0.717) is 6.04 Å². The van der Waals surface area contributed by atoms with Crippen LogP contribution < -0.4 is 5.32 Å². The molecule has 0 bridgehead atoms. The normalized spacial score (nSPS) is 11.3. The molecule has 2 aromatic heterocycles. The molecule has 0 spiro atoms. The second-order valence-electron chi connectivity index (χ2n) is 4.57. The fourth-order valence-corrected chi connectivity index (χ4v) is 2.48. The van der Waals surface area contributed by atoms with Gasteiger partial charge in [-0.25, -0.2) is 4.98 Å². The predicted molar refractivity (Wildman–Crippen MR) is 72.4 cm³/mol. The maximum Gasteiger partial charge on any atom is 0.0897 e. The molecule has 3 nitrogen and oxygen atoms in total. The summed E-state index contributed by atoms with van der Waals surface area (Å²) in [5.41, 5.74) is 1.33. The molecule has 0 unspecified atom stereocenters. The Hall–Kier alpha value is -1.13. The zero-order valence-electron chi connectivity index (χ0n) is 10.6. The van der Waals surface area contributed by atoms with Gasteiger partial charge in [0.1, 0.15) is 0 Å². The molecule has 2 aromatic rings. The van der Waals surface area contributed by atoms with Crippen molar-refractivity contribution in [1.82, 2.24) is 14.9 Å². The number of aryl methyl sites for hydroxylation is 1. The molecule has 0 aliphatic carbocycles. The van der Waals surface area contributed by atoms with Gasteiger partial charge in [-0.05, 0) is 18.6 Å². The fraction of sp³-hybridized carbons (Fsp3) is 0.462. The molecule has 0 aromatic carbocycles. The van der Waals surface area contributed by atoms with Crippen LogP contribution in [0.5, 0.6) is 0 Å². The van der Waals surface area contributed by atoms with Crippen LogP contribution in [0.15, 0.2) is 24.7 Å². The molecule has 0 atom stereocenters. The third-order valence-corrected chi connectivity index (χ3v) is 3.43. The monoisotopic (exact) mass is 249 g/mol. The molecule has 92 valence electrons. The molecule has 4 heteroatoms. The van der Waals surface area contributed by atoms with Crippen LogP contribution >= 0.6 is 11.3 Å². The van der Waals surface area contributed by atoms with Crippen LogP contribution in [0.4, 0.5) is 0 Å². The molecular weight excluding hydrogens is 230 g/mol. The first kappa shape index (κ1) is 12.3. The van der Waals surface area contributed by atoms with Crippen molar-refractivity contribution in [3.63, 3.8) is 0 Å². The van der Waals surface area contributed by atoms with Crippen LogP contribution in [0.3, 0.4) is 0 Å². The third kappa shape index (κ3) is 3.68. The van der Waals surface area contributed by atoms with Crippen LogP contribution in [-0.4, -0.2) is 15.6 Å². The SMILES string of the molecule is Cc1ncc(Cn2ccc(CNC(C)C)c2)s1. The highest BCUT2D eigenvalue weighted by Gasteiger charge is 2.01. The van der Waals surface area contributed by atoms with E-state index in [1.807, 2.05) is 13.1 Å². The number of nitrogens with zero attached hydrogens (tertiary/aromatic N) is 2. The van der Waals surface area contributed by atoms with Crippen molar-refractivity contribution in [2.75, 3.05) is 0 Å². The van der Waals surface area contributed by atoms with Crippen molar-refractivity contribution < 1.29 is 0 Å². The highest BCUT2D eigenvalue weighted by Crippen LogP contribution is 2.14. The van der Waals surface area contributed by atoms with Crippen molar-refractivity contribution in [2.45, 2.75) is 39.9 Å². The Morgan fingerprint density at radius 2 is 2.29 bits per heavy atom. The van der Waals surface area contributed by atoms with Gasteiger partial charge in [-0.3, -0.25) is 0 Å². The number of thiazole rings is 1. The summed E-state index contributed by atoms with van der Waals surface area (Å²) in [5, 5.41) is 4.55. The minimum atomic E-state index is 0.530. The number of nitrogens with one attached hydrogen (secondary N) is 1. The summed E-state index contributed by atoms with van der Waals surface area (Å²) < 4.78 is 2.21. The van der Waals surface area contributed by atoms with Gasteiger partial charge in [0.05, 0.1) is 11.6 Å². The number of rotatable bonds is 5. The summed E-state index contributed by atoms with van der Waals surface area (Å²) in [5.74, 6) is 0. The van der Waals surface area contributed by atoms with Gasteiger partial charge in [0.2, 0.25) is 0 Å². The smallest absolute Gasteiger partial charge is 0.0897 e. The lowest BCUT2D eigenvalue weighted by Gasteiger charge is -2.05. The van der Waals surface area contributed by atoms with Crippen LogP contribution in [-0.2, 0) is 13.1 Å². The predicted octanol–water partition coefficient (Wildman–Crippen LogP) is 2.80. The Kier molecular flexibility index (Phi) is 3.97. The Morgan fingerprint density at radius 1 is 1.47 bits per heavy atom. The van der Waals surface area contributed by atoms with E-state index in [1.165, 1.54) is 10.4 Å². The molecule has 2 rings (SSSR count). The van der Waals surface area contributed by atoms with Gasteiger partial charge < -0.3 is 9.88 Å². The second-order valence-corrected chi connectivity index (χ2v) is 5.89. The van der Waals surface area contributed by atoms with E-state index in [1.54, 1.807) is 11.3 Å². The van der Waals surface area contributed by atoms with Gasteiger partial charge in [0, 0.05) is 36.1 Å². The zero-order valence-corrected chi connectivity index (χ0v) is 11.4. The summed E-state index contributed by atoms with van der Waals surface area (Å²) in [6.45, 7) is 8.23. The summed E-state index contributed by atoms with van der Waals surface area (Å²) in [7, 11) is 0. The van der Waals surface area contributed by atoms with E-state index >= 15 is 0 Å². The van der Waals surface area contributed by atoms with E-state index in [0.717, 1.165) is 18.1 Å². The van der Waals surface area contributed by atoms with E-state index < -0.39 is 0 Å². The lowest BCUT2D eigenvalue weighted by molar-refractivity contribution is 0.588. The van der Waals surface area contributed by atoms with Crippen molar-refractivity contribution in [2.24, 2.45) is 0 Å². The molecule has 0 aliphatic rings. The van der Waals surface area contributed by atoms with Gasteiger partial charge in [-0.1, -0.05) is 13.8 Å². The second kappa shape index (κ2) is 5.47. The van der Waals surface area contributed by atoms with Crippen LogP contribution in [0.2, 0.25) is 0 Å². The summed E-state index contributed by atoms with van der Waals surface area (Å²) in [6, 6.07) is 2.70. The molecule has 0 fully saturated rings. The Balaban J connectivity index is 1.94. The lowest BCUT2D eigenvalue weighted by atomic mass is 10.3. The van der Waals surface area contributed by atoms with Crippen LogP contribution in [0.25, 0.3) is 0 Å². The third-order valence-electron chi connectivity index (χ3n) is 2.53. The first-order valence-corrected chi connectivity index (χ1v) is 6.74. The summed E-state index contributed by atoms with van der Waals surface area (Å²) >= 11 is 1.76. The molecule has 0 amide bonds. The first-order chi connectivity index (χ1) is 8.13. The highest BCUT2D eigenvalue weighted by atomic mass is 32.1. The maximum atomic E-state index is 4.27. The van der Waals surface area contributed by atoms with Gasteiger partial charge >= 0.3 is 0 Å². The van der Waals surface area contributed by atoms with E-state index in [2.05, 4.69) is 47.2 Å². The first-order valence-electron chi connectivity index (χ1n) is 5.93. The molecule has 0 saturated carbocycles. The maximum absolute atomic E-state index is 4.27. The standard InChI is InChI=1S/C13H19N3S/c1-10(2)14-6-12-4-5-16(8-12)9-13-7-15-11(3)17-13/h4-5,7-8,10,14H,6,9H2,1-3H3. The molecule has 0 aliphatic heterocycles. The van der Waals surface area contributed by atoms with Crippen molar-refractivity contribution in [1.29, 1.82) is 0 Å². The zero-order chi connectivity index (χ0) is 12.3. The van der Waals surface area contributed by atoms with Crippen LogP contribution in [0, 0.1) is 6.92 Å². The summed E-state index contributed by atoms with van der Waals surface area (Å²) in [6.07, 6.45) is 6.29. The average molecular weight is 249 g/mol. The highest BCUT2D eigenvalue weighted by molar-refractivity contribution is 7.11.